The van der Waals surface area contributed by atoms with Gasteiger partial charge in [-0.15, -0.1) is 0 Å². The number of halogens is 1. The van der Waals surface area contributed by atoms with Gasteiger partial charge in [0.25, 0.3) is 0 Å². The number of benzene rings is 1. The molecule has 1 aliphatic heterocycles. The van der Waals surface area contributed by atoms with E-state index >= 15 is 0 Å². The second-order valence-electron chi connectivity index (χ2n) is 4.87. The summed E-state index contributed by atoms with van der Waals surface area (Å²) < 4.78 is 39.4. The molecule has 0 radical (unpaired) electrons. The summed E-state index contributed by atoms with van der Waals surface area (Å²) in [4.78, 5) is -0.00750. The highest BCUT2D eigenvalue weighted by Gasteiger charge is 2.35. The minimum absolute atomic E-state index is 0.00750. The van der Waals surface area contributed by atoms with Crippen molar-refractivity contribution in [3.63, 3.8) is 0 Å². The Balaban J connectivity index is 2.34. The summed E-state index contributed by atoms with van der Waals surface area (Å²) in [7, 11) is -3.63. The average Bonchev–Trinajstić information content (AvgIpc) is 2.64. The predicted molar refractivity (Wildman–Crippen MR) is 67.0 cm³/mol. The van der Waals surface area contributed by atoms with Crippen molar-refractivity contribution in [3.05, 3.63) is 29.6 Å². The van der Waals surface area contributed by atoms with Gasteiger partial charge >= 0.3 is 0 Å². The van der Waals surface area contributed by atoms with Gasteiger partial charge < -0.3 is 5.73 Å². The van der Waals surface area contributed by atoms with Crippen molar-refractivity contribution in [1.29, 1.82) is 0 Å². The van der Waals surface area contributed by atoms with Crippen LogP contribution >= 0.6 is 0 Å². The van der Waals surface area contributed by atoms with Crippen LogP contribution in [0.3, 0.4) is 0 Å². The largest absolute Gasteiger partial charge is 0.326 e. The number of hydrogen-bond acceptors (Lipinski definition) is 3. The van der Waals surface area contributed by atoms with Crippen LogP contribution in [0.4, 0.5) is 4.39 Å². The molecule has 0 bridgehead atoms. The molecule has 18 heavy (non-hydrogen) atoms. The molecule has 2 atom stereocenters. The lowest BCUT2D eigenvalue weighted by atomic mass is 10.1. The third kappa shape index (κ3) is 2.28. The smallest absolute Gasteiger partial charge is 0.243 e. The van der Waals surface area contributed by atoms with Crippen molar-refractivity contribution in [3.8, 4) is 0 Å². The maximum Gasteiger partial charge on any atom is 0.243 e. The van der Waals surface area contributed by atoms with E-state index in [1.165, 1.54) is 16.4 Å². The van der Waals surface area contributed by atoms with Crippen LogP contribution in [0.1, 0.15) is 12.5 Å². The second kappa shape index (κ2) is 4.60. The number of sulfonamides is 1. The van der Waals surface area contributed by atoms with Gasteiger partial charge in [-0.3, -0.25) is 0 Å². The van der Waals surface area contributed by atoms with Crippen LogP contribution in [-0.4, -0.2) is 31.9 Å². The van der Waals surface area contributed by atoms with Crippen LogP contribution in [0, 0.1) is 18.7 Å². The fraction of sp³-hybridized carbons (Fsp3) is 0.500. The van der Waals surface area contributed by atoms with Crippen LogP contribution in [0.2, 0.25) is 0 Å². The first-order valence-corrected chi connectivity index (χ1v) is 7.28. The molecule has 1 fully saturated rings. The maximum atomic E-state index is 13.4. The Morgan fingerprint density at radius 3 is 2.56 bits per heavy atom. The van der Waals surface area contributed by atoms with Gasteiger partial charge in [0.1, 0.15) is 5.82 Å². The van der Waals surface area contributed by atoms with Crippen LogP contribution in [0.15, 0.2) is 23.1 Å². The lowest BCUT2D eigenvalue weighted by molar-refractivity contribution is 0.463. The first kappa shape index (κ1) is 13.5. The normalized spacial score (nSPS) is 25.6. The Hall–Kier alpha value is -0.980. The van der Waals surface area contributed by atoms with E-state index in [9.17, 15) is 12.8 Å². The molecule has 0 amide bonds. The second-order valence-corrected chi connectivity index (χ2v) is 6.81. The molecule has 2 rings (SSSR count). The van der Waals surface area contributed by atoms with E-state index in [4.69, 9.17) is 5.73 Å². The third-order valence-electron chi connectivity index (χ3n) is 3.42. The molecular weight excluding hydrogens is 255 g/mol. The zero-order valence-corrected chi connectivity index (χ0v) is 11.2. The Labute approximate surface area is 107 Å². The van der Waals surface area contributed by atoms with E-state index in [0.717, 1.165) is 6.07 Å². The van der Waals surface area contributed by atoms with Gasteiger partial charge in [-0.2, -0.15) is 4.31 Å². The van der Waals surface area contributed by atoms with Gasteiger partial charge in [0.15, 0.2) is 0 Å². The van der Waals surface area contributed by atoms with Crippen molar-refractivity contribution in [1.82, 2.24) is 4.31 Å². The molecule has 0 aromatic heterocycles. The molecule has 6 heteroatoms. The summed E-state index contributed by atoms with van der Waals surface area (Å²) in [5.74, 6) is -0.386. The van der Waals surface area contributed by atoms with Gasteiger partial charge in [0.05, 0.1) is 4.90 Å². The van der Waals surface area contributed by atoms with Gasteiger partial charge in [-0.25, -0.2) is 12.8 Å². The fourth-order valence-corrected chi connectivity index (χ4v) is 3.62. The maximum absolute atomic E-state index is 13.4. The minimum atomic E-state index is -3.63. The minimum Gasteiger partial charge on any atom is -0.326 e. The molecule has 2 N–H and O–H groups in total. The molecule has 0 spiro atoms. The Morgan fingerprint density at radius 1 is 1.39 bits per heavy atom. The number of aryl methyl sites for hydroxylation is 1. The van der Waals surface area contributed by atoms with E-state index < -0.39 is 15.8 Å². The quantitative estimate of drug-likeness (QED) is 0.877. The summed E-state index contributed by atoms with van der Waals surface area (Å²) >= 11 is 0. The number of hydrogen-bond donors (Lipinski definition) is 1. The molecule has 1 saturated heterocycles. The molecule has 0 saturated carbocycles. The lowest BCUT2D eigenvalue weighted by Gasteiger charge is -2.16. The van der Waals surface area contributed by atoms with Crippen LogP contribution in [-0.2, 0) is 10.0 Å². The molecule has 0 aliphatic carbocycles. The van der Waals surface area contributed by atoms with Crippen molar-refractivity contribution < 1.29 is 12.8 Å². The Bertz CT molecular complexity index is 549. The highest BCUT2D eigenvalue weighted by molar-refractivity contribution is 7.89. The lowest BCUT2D eigenvalue weighted by Crippen LogP contribution is -2.32. The van der Waals surface area contributed by atoms with E-state index in [1.807, 2.05) is 6.92 Å². The zero-order valence-electron chi connectivity index (χ0n) is 10.4. The fourth-order valence-electron chi connectivity index (χ4n) is 2.03. The van der Waals surface area contributed by atoms with Crippen molar-refractivity contribution in [2.45, 2.75) is 24.8 Å². The van der Waals surface area contributed by atoms with E-state index in [0.29, 0.717) is 18.7 Å². The standard InChI is InChI=1S/C12H17FN2O2S/c1-8-3-4-10(5-11(8)13)18(16,17)15-6-9(2)12(14)7-15/h3-5,9,12H,6-7,14H2,1-2H3. The van der Waals surface area contributed by atoms with Gasteiger partial charge in [0.2, 0.25) is 10.0 Å². The molecule has 100 valence electrons. The van der Waals surface area contributed by atoms with E-state index in [1.54, 1.807) is 6.92 Å². The summed E-state index contributed by atoms with van der Waals surface area (Å²) in [6.07, 6.45) is 0. The van der Waals surface area contributed by atoms with E-state index in [2.05, 4.69) is 0 Å². The van der Waals surface area contributed by atoms with Gasteiger partial charge in [-0.05, 0) is 30.5 Å². The number of nitrogens with zero attached hydrogens (tertiary/aromatic N) is 1. The van der Waals surface area contributed by atoms with Gasteiger partial charge in [0, 0.05) is 19.1 Å². The molecule has 1 aromatic carbocycles. The summed E-state index contributed by atoms with van der Waals surface area (Å²) in [5, 5.41) is 0. The van der Waals surface area contributed by atoms with Crippen LogP contribution in [0.5, 0.6) is 0 Å². The molecule has 1 aromatic rings. The summed E-state index contributed by atoms with van der Waals surface area (Å²) in [6, 6.07) is 3.82. The Morgan fingerprint density at radius 2 is 2.06 bits per heavy atom. The highest BCUT2D eigenvalue weighted by atomic mass is 32.2. The van der Waals surface area contributed by atoms with E-state index in [-0.39, 0.29) is 16.9 Å². The molecule has 4 nitrogen and oxygen atoms in total. The summed E-state index contributed by atoms with van der Waals surface area (Å²) in [5.41, 5.74) is 6.25. The van der Waals surface area contributed by atoms with Crippen molar-refractivity contribution >= 4 is 10.0 Å². The predicted octanol–water partition coefficient (Wildman–Crippen LogP) is 1.10. The third-order valence-corrected chi connectivity index (χ3v) is 5.25. The molecular formula is C12H17FN2O2S. The topological polar surface area (TPSA) is 63.4 Å². The molecule has 1 aliphatic rings. The zero-order chi connectivity index (χ0) is 13.5. The van der Waals surface area contributed by atoms with Crippen molar-refractivity contribution in [2.24, 2.45) is 11.7 Å². The first-order valence-electron chi connectivity index (χ1n) is 5.84. The molecule has 1 heterocycles. The number of nitrogens with two attached hydrogens (primary N) is 1. The average molecular weight is 272 g/mol. The highest BCUT2D eigenvalue weighted by Crippen LogP contribution is 2.24. The SMILES string of the molecule is Cc1ccc(S(=O)(=O)N2CC(C)C(N)C2)cc1F. The Kier molecular flexibility index (Phi) is 3.44. The number of rotatable bonds is 2. The van der Waals surface area contributed by atoms with Crippen molar-refractivity contribution in [2.75, 3.05) is 13.1 Å². The van der Waals surface area contributed by atoms with Crippen LogP contribution < -0.4 is 5.73 Å². The molecule has 2 unspecified atom stereocenters. The monoisotopic (exact) mass is 272 g/mol. The first-order chi connectivity index (χ1) is 8.32. The van der Waals surface area contributed by atoms with Gasteiger partial charge in [-0.1, -0.05) is 13.0 Å². The summed E-state index contributed by atoms with van der Waals surface area (Å²) in [6.45, 7) is 4.19. The van der Waals surface area contributed by atoms with Crippen LogP contribution in [0.25, 0.3) is 0 Å².